The molecule has 0 aromatic heterocycles. The van der Waals surface area contributed by atoms with Gasteiger partial charge in [-0.1, -0.05) is 32.6 Å². The smallest absolute Gasteiger partial charge is 0.0154 e. The third-order valence-corrected chi connectivity index (χ3v) is 2.83. The zero-order valence-corrected chi connectivity index (χ0v) is 8.66. The number of nitrogens with one attached hydrogen (secondary N) is 1. The van der Waals surface area contributed by atoms with Crippen LogP contribution in [0.25, 0.3) is 0 Å². The molecule has 1 aliphatic carbocycles. The summed E-state index contributed by atoms with van der Waals surface area (Å²) in [6, 6.07) is 0. The van der Waals surface area contributed by atoms with Crippen molar-refractivity contribution in [1.82, 2.24) is 5.32 Å². The van der Waals surface area contributed by atoms with Gasteiger partial charge in [0.05, 0.1) is 0 Å². The number of rotatable bonds is 7. The fraction of sp³-hybridized carbons (Fsp3) is 1.00. The molecular weight excluding hydrogens is 146 g/mol. The van der Waals surface area contributed by atoms with Gasteiger partial charge in [0.15, 0.2) is 0 Å². The summed E-state index contributed by atoms with van der Waals surface area (Å²) in [6.45, 7) is 5.84. The Balaban J connectivity index is 1.77. The van der Waals surface area contributed by atoms with Gasteiger partial charge >= 0.3 is 0 Å². The zero-order chi connectivity index (χ0) is 8.86. The minimum absolute atomic E-state index is 0.546. The molecule has 1 nitrogen and oxygen atoms in total. The quantitative estimate of drug-likeness (QED) is 0.577. The molecule has 0 radical (unpaired) electrons. The topological polar surface area (TPSA) is 12.0 Å². The Labute approximate surface area is 76.9 Å². The number of hydrogen-bond acceptors (Lipinski definition) is 1. The lowest BCUT2D eigenvalue weighted by Crippen LogP contribution is -2.28. The van der Waals surface area contributed by atoms with Crippen molar-refractivity contribution in [2.24, 2.45) is 0 Å². The molecule has 1 rings (SSSR count). The Morgan fingerprint density at radius 3 is 2.33 bits per heavy atom. The molecule has 12 heavy (non-hydrogen) atoms. The largest absolute Gasteiger partial charge is 0.312 e. The van der Waals surface area contributed by atoms with Gasteiger partial charge in [0.2, 0.25) is 0 Å². The normalized spacial score (nSPS) is 19.5. The van der Waals surface area contributed by atoms with E-state index in [1.54, 1.807) is 0 Å². The molecule has 0 unspecified atom stereocenters. The van der Waals surface area contributed by atoms with Crippen molar-refractivity contribution in [2.75, 3.05) is 6.54 Å². The van der Waals surface area contributed by atoms with Gasteiger partial charge in [0, 0.05) is 5.54 Å². The molecule has 1 N–H and O–H groups in total. The number of unbranched alkanes of at least 4 members (excludes halogenated alkanes) is 4. The second-order valence-corrected chi connectivity index (χ2v) is 4.40. The first-order valence-corrected chi connectivity index (χ1v) is 5.52. The van der Waals surface area contributed by atoms with Crippen LogP contribution in [-0.2, 0) is 0 Å². The van der Waals surface area contributed by atoms with E-state index < -0.39 is 0 Å². The summed E-state index contributed by atoms with van der Waals surface area (Å²) in [4.78, 5) is 0. The molecule has 0 amide bonds. The second-order valence-electron chi connectivity index (χ2n) is 4.40. The molecular formula is C11H23N. The third-order valence-electron chi connectivity index (χ3n) is 2.83. The first-order valence-electron chi connectivity index (χ1n) is 5.52. The van der Waals surface area contributed by atoms with Crippen LogP contribution in [0.15, 0.2) is 0 Å². The van der Waals surface area contributed by atoms with E-state index in [-0.39, 0.29) is 0 Å². The fourth-order valence-electron chi connectivity index (χ4n) is 1.48. The highest BCUT2D eigenvalue weighted by Crippen LogP contribution is 2.34. The zero-order valence-electron chi connectivity index (χ0n) is 8.66. The molecule has 1 fully saturated rings. The van der Waals surface area contributed by atoms with E-state index in [4.69, 9.17) is 0 Å². The highest BCUT2D eigenvalue weighted by molar-refractivity contribution is 4.97. The van der Waals surface area contributed by atoms with E-state index in [1.165, 1.54) is 51.5 Å². The second kappa shape index (κ2) is 4.86. The van der Waals surface area contributed by atoms with E-state index in [9.17, 15) is 0 Å². The van der Waals surface area contributed by atoms with Crippen molar-refractivity contribution < 1.29 is 0 Å². The molecule has 0 bridgehead atoms. The minimum Gasteiger partial charge on any atom is -0.312 e. The molecule has 72 valence electrons. The van der Waals surface area contributed by atoms with Gasteiger partial charge in [-0.15, -0.1) is 0 Å². The molecule has 0 spiro atoms. The van der Waals surface area contributed by atoms with Gasteiger partial charge in [-0.3, -0.25) is 0 Å². The predicted octanol–water partition coefficient (Wildman–Crippen LogP) is 3.10. The van der Waals surface area contributed by atoms with E-state index >= 15 is 0 Å². The van der Waals surface area contributed by atoms with Gasteiger partial charge in [-0.25, -0.2) is 0 Å². The average Bonchev–Trinajstić information content (AvgIpc) is 2.77. The van der Waals surface area contributed by atoms with Gasteiger partial charge in [-0.2, -0.15) is 0 Å². The minimum atomic E-state index is 0.546. The first kappa shape index (κ1) is 10.0. The summed E-state index contributed by atoms with van der Waals surface area (Å²) in [5.74, 6) is 0. The van der Waals surface area contributed by atoms with Crippen molar-refractivity contribution >= 4 is 0 Å². The van der Waals surface area contributed by atoms with E-state index in [0.29, 0.717) is 5.54 Å². The lowest BCUT2D eigenvalue weighted by atomic mass is 10.1. The summed E-state index contributed by atoms with van der Waals surface area (Å²) in [7, 11) is 0. The van der Waals surface area contributed by atoms with Crippen molar-refractivity contribution in [3.8, 4) is 0 Å². The van der Waals surface area contributed by atoms with Gasteiger partial charge in [-0.05, 0) is 32.7 Å². The van der Waals surface area contributed by atoms with Gasteiger partial charge < -0.3 is 5.32 Å². The van der Waals surface area contributed by atoms with Crippen molar-refractivity contribution in [3.05, 3.63) is 0 Å². The molecule has 1 heteroatoms. The van der Waals surface area contributed by atoms with Gasteiger partial charge in [0.1, 0.15) is 0 Å². The number of hydrogen-bond donors (Lipinski definition) is 1. The summed E-state index contributed by atoms with van der Waals surface area (Å²) in [6.07, 6.45) is 9.76. The average molecular weight is 169 g/mol. The van der Waals surface area contributed by atoms with Crippen LogP contribution >= 0.6 is 0 Å². The van der Waals surface area contributed by atoms with Crippen molar-refractivity contribution in [2.45, 2.75) is 64.3 Å². The van der Waals surface area contributed by atoms with Crippen LogP contribution in [0.4, 0.5) is 0 Å². The SMILES string of the molecule is CCCCCCCNC1(C)CC1. The van der Waals surface area contributed by atoms with Crippen molar-refractivity contribution in [3.63, 3.8) is 0 Å². The van der Waals surface area contributed by atoms with E-state index in [2.05, 4.69) is 19.2 Å². The Morgan fingerprint density at radius 1 is 1.08 bits per heavy atom. The maximum absolute atomic E-state index is 3.61. The highest BCUT2D eigenvalue weighted by Gasteiger charge is 2.35. The molecule has 0 aromatic carbocycles. The Bertz CT molecular complexity index is 116. The maximum atomic E-state index is 3.61. The first-order chi connectivity index (χ1) is 5.77. The van der Waals surface area contributed by atoms with Crippen LogP contribution in [-0.4, -0.2) is 12.1 Å². The van der Waals surface area contributed by atoms with E-state index in [1.807, 2.05) is 0 Å². The molecule has 0 aliphatic heterocycles. The lowest BCUT2D eigenvalue weighted by Gasteiger charge is -2.10. The summed E-state index contributed by atoms with van der Waals surface area (Å²) < 4.78 is 0. The molecule has 1 aliphatic rings. The molecule has 0 aromatic rings. The summed E-state index contributed by atoms with van der Waals surface area (Å²) in [5.41, 5.74) is 0.546. The predicted molar refractivity (Wildman–Crippen MR) is 54.4 cm³/mol. The Kier molecular flexibility index (Phi) is 4.07. The van der Waals surface area contributed by atoms with Crippen LogP contribution < -0.4 is 5.32 Å². The molecule has 0 saturated heterocycles. The standard InChI is InChI=1S/C11H23N/c1-3-4-5-6-7-10-12-11(2)8-9-11/h12H,3-10H2,1-2H3. The maximum Gasteiger partial charge on any atom is 0.0154 e. The van der Waals surface area contributed by atoms with Crippen molar-refractivity contribution in [1.29, 1.82) is 0 Å². The monoisotopic (exact) mass is 169 g/mol. The van der Waals surface area contributed by atoms with Crippen LogP contribution in [0.2, 0.25) is 0 Å². The molecule has 0 heterocycles. The summed E-state index contributed by atoms with van der Waals surface area (Å²) >= 11 is 0. The van der Waals surface area contributed by atoms with Crippen LogP contribution in [0.3, 0.4) is 0 Å². The molecule has 0 atom stereocenters. The van der Waals surface area contributed by atoms with Crippen LogP contribution in [0.1, 0.15) is 58.8 Å². The lowest BCUT2D eigenvalue weighted by molar-refractivity contribution is 0.507. The third kappa shape index (κ3) is 4.10. The van der Waals surface area contributed by atoms with Gasteiger partial charge in [0.25, 0.3) is 0 Å². The summed E-state index contributed by atoms with van der Waals surface area (Å²) in [5, 5.41) is 3.61. The Morgan fingerprint density at radius 2 is 1.75 bits per heavy atom. The fourth-order valence-corrected chi connectivity index (χ4v) is 1.48. The highest BCUT2D eigenvalue weighted by atomic mass is 15.0. The Hall–Kier alpha value is -0.0400. The molecule has 1 saturated carbocycles. The van der Waals surface area contributed by atoms with Crippen LogP contribution in [0.5, 0.6) is 0 Å². The van der Waals surface area contributed by atoms with E-state index in [0.717, 1.165) is 0 Å². The van der Waals surface area contributed by atoms with Crippen LogP contribution in [0, 0.1) is 0 Å².